The molecule has 0 spiro atoms. The summed E-state index contributed by atoms with van der Waals surface area (Å²) in [7, 11) is 0. The van der Waals surface area contributed by atoms with Crippen LogP contribution < -0.4 is 5.73 Å². The zero-order chi connectivity index (χ0) is 13.2. The SMILES string of the molecule is CCc1noc(Cn2cc(CN)c3ccccc32)n1. The Labute approximate surface area is 111 Å². The van der Waals surface area contributed by atoms with Crippen LogP contribution in [0.3, 0.4) is 0 Å². The van der Waals surface area contributed by atoms with E-state index in [4.69, 9.17) is 10.3 Å². The second kappa shape index (κ2) is 4.85. The zero-order valence-electron chi connectivity index (χ0n) is 10.8. The molecular formula is C14H16N4O. The summed E-state index contributed by atoms with van der Waals surface area (Å²) in [6.45, 7) is 3.11. The van der Waals surface area contributed by atoms with Crippen LogP contribution in [-0.4, -0.2) is 14.7 Å². The average Bonchev–Trinajstić information content (AvgIpc) is 3.04. The Morgan fingerprint density at radius 2 is 2.16 bits per heavy atom. The topological polar surface area (TPSA) is 69.9 Å². The number of para-hydroxylation sites is 1. The molecule has 0 amide bonds. The van der Waals surface area contributed by atoms with Gasteiger partial charge in [0.2, 0.25) is 5.89 Å². The van der Waals surface area contributed by atoms with Crippen molar-refractivity contribution in [2.24, 2.45) is 5.73 Å². The quantitative estimate of drug-likeness (QED) is 0.776. The fourth-order valence-electron chi connectivity index (χ4n) is 2.26. The Hall–Kier alpha value is -2.14. The van der Waals surface area contributed by atoms with Crippen LogP contribution >= 0.6 is 0 Å². The number of rotatable bonds is 4. The summed E-state index contributed by atoms with van der Waals surface area (Å²) in [5, 5.41) is 5.09. The number of hydrogen-bond acceptors (Lipinski definition) is 4. The molecule has 98 valence electrons. The van der Waals surface area contributed by atoms with Crippen molar-refractivity contribution < 1.29 is 4.52 Å². The number of aryl methyl sites for hydroxylation is 1. The number of benzene rings is 1. The van der Waals surface area contributed by atoms with Crippen LogP contribution in [0.15, 0.2) is 35.0 Å². The van der Waals surface area contributed by atoms with Crippen LogP contribution in [0.25, 0.3) is 10.9 Å². The van der Waals surface area contributed by atoms with E-state index in [0.29, 0.717) is 19.0 Å². The van der Waals surface area contributed by atoms with E-state index in [-0.39, 0.29) is 0 Å². The molecular weight excluding hydrogens is 240 g/mol. The Morgan fingerprint density at radius 1 is 1.32 bits per heavy atom. The first-order chi connectivity index (χ1) is 9.31. The maximum Gasteiger partial charge on any atom is 0.246 e. The van der Waals surface area contributed by atoms with Crippen molar-refractivity contribution in [2.45, 2.75) is 26.4 Å². The van der Waals surface area contributed by atoms with Crippen LogP contribution in [0.4, 0.5) is 0 Å². The van der Waals surface area contributed by atoms with Crippen LogP contribution in [0, 0.1) is 0 Å². The monoisotopic (exact) mass is 256 g/mol. The third kappa shape index (κ3) is 2.13. The first kappa shape index (κ1) is 11.9. The lowest BCUT2D eigenvalue weighted by Crippen LogP contribution is -1.99. The van der Waals surface area contributed by atoms with Crippen LogP contribution in [0.2, 0.25) is 0 Å². The second-order valence-corrected chi connectivity index (χ2v) is 4.46. The first-order valence-corrected chi connectivity index (χ1v) is 6.40. The van der Waals surface area contributed by atoms with Gasteiger partial charge in [0.05, 0.1) is 0 Å². The Balaban J connectivity index is 2.00. The number of aromatic nitrogens is 3. The molecule has 0 saturated carbocycles. The lowest BCUT2D eigenvalue weighted by atomic mass is 10.2. The fourth-order valence-corrected chi connectivity index (χ4v) is 2.26. The van der Waals surface area contributed by atoms with E-state index in [1.807, 2.05) is 19.1 Å². The molecule has 0 aliphatic carbocycles. The molecule has 19 heavy (non-hydrogen) atoms. The second-order valence-electron chi connectivity index (χ2n) is 4.46. The van der Waals surface area contributed by atoms with Gasteiger partial charge in [-0.25, -0.2) is 0 Å². The minimum absolute atomic E-state index is 0.525. The Bertz CT molecular complexity index is 698. The van der Waals surface area contributed by atoms with E-state index >= 15 is 0 Å². The van der Waals surface area contributed by atoms with Crippen molar-refractivity contribution in [3.8, 4) is 0 Å². The maximum atomic E-state index is 5.78. The molecule has 2 N–H and O–H groups in total. The van der Waals surface area contributed by atoms with Gasteiger partial charge < -0.3 is 14.8 Å². The molecule has 0 fully saturated rings. The summed E-state index contributed by atoms with van der Waals surface area (Å²) in [6.07, 6.45) is 2.84. The van der Waals surface area contributed by atoms with E-state index in [9.17, 15) is 0 Å². The van der Waals surface area contributed by atoms with Gasteiger partial charge in [0, 0.05) is 30.1 Å². The van der Waals surface area contributed by atoms with Gasteiger partial charge in [0.1, 0.15) is 6.54 Å². The molecule has 2 heterocycles. The molecule has 0 aliphatic heterocycles. The fraction of sp³-hybridized carbons (Fsp3) is 0.286. The molecule has 0 radical (unpaired) electrons. The largest absolute Gasteiger partial charge is 0.338 e. The summed E-state index contributed by atoms with van der Waals surface area (Å²) in [5.74, 6) is 1.37. The highest BCUT2D eigenvalue weighted by Crippen LogP contribution is 2.21. The van der Waals surface area contributed by atoms with E-state index < -0.39 is 0 Å². The molecule has 0 saturated heterocycles. The van der Waals surface area contributed by atoms with Gasteiger partial charge in [0.15, 0.2) is 5.82 Å². The molecule has 3 aromatic rings. The van der Waals surface area contributed by atoms with Gasteiger partial charge in [-0.1, -0.05) is 30.3 Å². The molecule has 5 heteroatoms. The standard InChI is InChI=1S/C14H16N4O/c1-2-13-16-14(19-17-13)9-18-8-10(7-15)11-5-3-4-6-12(11)18/h3-6,8H,2,7,9,15H2,1H3. The molecule has 0 atom stereocenters. The predicted molar refractivity (Wildman–Crippen MR) is 72.6 cm³/mol. The summed E-state index contributed by atoms with van der Waals surface area (Å²) < 4.78 is 7.34. The van der Waals surface area contributed by atoms with Gasteiger partial charge in [-0.05, 0) is 11.6 Å². The maximum absolute atomic E-state index is 5.78. The van der Waals surface area contributed by atoms with Crippen molar-refractivity contribution in [1.82, 2.24) is 14.7 Å². The molecule has 0 bridgehead atoms. The van der Waals surface area contributed by atoms with E-state index in [2.05, 4.69) is 33.0 Å². The van der Waals surface area contributed by atoms with Gasteiger partial charge in [-0.2, -0.15) is 4.98 Å². The van der Waals surface area contributed by atoms with Gasteiger partial charge in [-0.15, -0.1) is 0 Å². The van der Waals surface area contributed by atoms with Gasteiger partial charge in [0.25, 0.3) is 0 Å². The van der Waals surface area contributed by atoms with Crippen molar-refractivity contribution in [2.75, 3.05) is 0 Å². The minimum Gasteiger partial charge on any atom is -0.338 e. The Kier molecular flexibility index (Phi) is 3.05. The highest BCUT2D eigenvalue weighted by Gasteiger charge is 2.10. The minimum atomic E-state index is 0.525. The molecule has 1 aromatic carbocycles. The molecule has 5 nitrogen and oxygen atoms in total. The van der Waals surface area contributed by atoms with Gasteiger partial charge in [-0.3, -0.25) is 0 Å². The number of nitrogens with zero attached hydrogens (tertiary/aromatic N) is 3. The highest BCUT2D eigenvalue weighted by atomic mass is 16.5. The first-order valence-electron chi connectivity index (χ1n) is 6.40. The number of fused-ring (bicyclic) bond motifs is 1. The van der Waals surface area contributed by atoms with Crippen LogP contribution in [-0.2, 0) is 19.5 Å². The molecule has 3 rings (SSSR count). The van der Waals surface area contributed by atoms with Crippen LogP contribution in [0.1, 0.15) is 24.2 Å². The molecule has 0 unspecified atom stereocenters. The van der Waals surface area contributed by atoms with Crippen molar-refractivity contribution >= 4 is 10.9 Å². The number of hydrogen-bond donors (Lipinski definition) is 1. The van der Waals surface area contributed by atoms with Crippen LogP contribution in [0.5, 0.6) is 0 Å². The van der Waals surface area contributed by atoms with Crippen molar-refractivity contribution in [3.05, 3.63) is 47.7 Å². The lowest BCUT2D eigenvalue weighted by molar-refractivity contribution is 0.368. The summed E-state index contributed by atoms with van der Waals surface area (Å²) >= 11 is 0. The lowest BCUT2D eigenvalue weighted by Gasteiger charge is -2.00. The summed E-state index contributed by atoms with van der Waals surface area (Å²) in [6, 6.07) is 8.20. The Morgan fingerprint density at radius 3 is 2.89 bits per heavy atom. The zero-order valence-corrected chi connectivity index (χ0v) is 10.8. The summed E-state index contributed by atoms with van der Waals surface area (Å²) in [5.41, 5.74) is 8.05. The van der Waals surface area contributed by atoms with Crippen molar-refractivity contribution in [3.63, 3.8) is 0 Å². The molecule has 2 aromatic heterocycles. The van der Waals surface area contributed by atoms with Gasteiger partial charge >= 0.3 is 0 Å². The normalized spacial score (nSPS) is 11.3. The molecule has 0 aliphatic rings. The van der Waals surface area contributed by atoms with E-state index in [1.165, 1.54) is 5.39 Å². The highest BCUT2D eigenvalue weighted by molar-refractivity contribution is 5.83. The third-order valence-electron chi connectivity index (χ3n) is 3.22. The third-order valence-corrected chi connectivity index (χ3v) is 3.22. The number of nitrogens with two attached hydrogens (primary N) is 1. The van der Waals surface area contributed by atoms with E-state index in [1.54, 1.807) is 0 Å². The van der Waals surface area contributed by atoms with E-state index in [0.717, 1.165) is 23.3 Å². The smallest absolute Gasteiger partial charge is 0.246 e. The predicted octanol–water partition coefficient (Wildman–Crippen LogP) is 2.09. The average molecular weight is 256 g/mol. The summed E-state index contributed by atoms with van der Waals surface area (Å²) in [4.78, 5) is 4.34. The van der Waals surface area contributed by atoms with Crippen molar-refractivity contribution in [1.29, 1.82) is 0 Å².